The molecule has 0 bridgehead atoms. The number of nitrogens with zero attached hydrogens (tertiary/aromatic N) is 1. The van der Waals surface area contributed by atoms with Crippen molar-refractivity contribution >= 4 is 11.6 Å². The molecular weight excluding hydrogens is 320 g/mol. The fourth-order valence-electron chi connectivity index (χ4n) is 3.67. The maximum absolute atomic E-state index is 12.2. The van der Waals surface area contributed by atoms with Gasteiger partial charge in [-0.15, -0.1) is 0 Å². The third-order valence-corrected chi connectivity index (χ3v) is 5.38. The number of anilines is 1. The lowest BCUT2D eigenvalue weighted by Crippen LogP contribution is -2.36. The molecule has 0 radical (unpaired) electrons. The van der Waals surface area contributed by atoms with E-state index in [1.807, 2.05) is 12.1 Å². The van der Waals surface area contributed by atoms with Crippen molar-refractivity contribution in [2.24, 2.45) is 5.92 Å². The molecule has 26 heavy (non-hydrogen) atoms. The lowest BCUT2D eigenvalue weighted by Gasteiger charge is -2.31. The molecule has 3 rings (SSSR count). The van der Waals surface area contributed by atoms with E-state index < -0.39 is 0 Å². The van der Waals surface area contributed by atoms with E-state index in [4.69, 9.17) is 0 Å². The number of likely N-dealkylation sites (tertiary alicyclic amines) is 1. The average Bonchev–Trinajstić information content (AvgIpc) is 2.69. The Bertz CT molecular complexity index is 673. The number of carbonyl (C=O) groups excluding carboxylic acids is 1. The molecule has 3 heteroatoms. The first kappa shape index (κ1) is 18.7. The number of hydrogen-bond donors (Lipinski definition) is 1. The summed E-state index contributed by atoms with van der Waals surface area (Å²) >= 11 is 0. The van der Waals surface area contributed by atoms with Crippen LogP contribution in [0.2, 0.25) is 0 Å². The Balaban J connectivity index is 1.35. The summed E-state index contributed by atoms with van der Waals surface area (Å²) in [5.41, 5.74) is 3.63. The number of hydrogen-bond acceptors (Lipinski definition) is 2. The van der Waals surface area contributed by atoms with Gasteiger partial charge in [0.05, 0.1) is 0 Å². The fraction of sp³-hybridized carbons (Fsp3) is 0.435. The van der Waals surface area contributed by atoms with Crippen molar-refractivity contribution in [3.05, 3.63) is 65.7 Å². The van der Waals surface area contributed by atoms with Gasteiger partial charge in [0.25, 0.3) is 0 Å². The number of benzene rings is 2. The molecule has 2 aromatic rings. The Morgan fingerprint density at radius 2 is 1.69 bits per heavy atom. The van der Waals surface area contributed by atoms with Crippen LogP contribution in [0.1, 0.15) is 37.3 Å². The lowest BCUT2D eigenvalue weighted by atomic mass is 9.90. The molecule has 0 aromatic heterocycles. The summed E-state index contributed by atoms with van der Waals surface area (Å²) in [6.07, 6.45) is 5.24. The Hall–Kier alpha value is -2.13. The van der Waals surface area contributed by atoms with Crippen molar-refractivity contribution in [2.45, 2.75) is 39.0 Å². The topological polar surface area (TPSA) is 32.3 Å². The highest BCUT2D eigenvalue weighted by Gasteiger charge is 2.19. The minimum Gasteiger partial charge on any atom is -0.326 e. The largest absolute Gasteiger partial charge is 0.326 e. The summed E-state index contributed by atoms with van der Waals surface area (Å²) in [4.78, 5) is 14.6. The van der Waals surface area contributed by atoms with Crippen LogP contribution in [0.3, 0.4) is 0 Å². The summed E-state index contributed by atoms with van der Waals surface area (Å²) in [7, 11) is 0. The van der Waals surface area contributed by atoms with Gasteiger partial charge in [0, 0.05) is 18.7 Å². The first-order valence-electron chi connectivity index (χ1n) is 9.88. The summed E-state index contributed by atoms with van der Waals surface area (Å²) in [6, 6.07) is 18.9. The number of carbonyl (C=O) groups is 1. The number of piperidine rings is 1. The van der Waals surface area contributed by atoms with Crippen molar-refractivity contribution in [1.82, 2.24) is 4.90 Å². The van der Waals surface area contributed by atoms with Gasteiger partial charge >= 0.3 is 0 Å². The van der Waals surface area contributed by atoms with Gasteiger partial charge in [0.2, 0.25) is 5.91 Å². The number of aryl methyl sites for hydroxylation is 1. The molecule has 0 unspecified atom stereocenters. The van der Waals surface area contributed by atoms with Crippen LogP contribution >= 0.6 is 0 Å². The van der Waals surface area contributed by atoms with Crippen LogP contribution in [-0.2, 0) is 17.6 Å². The molecule has 1 aliphatic heterocycles. The second-order valence-corrected chi connectivity index (χ2v) is 7.32. The zero-order valence-electron chi connectivity index (χ0n) is 15.8. The first-order chi connectivity index (χ1) is 12.7. The minimum atomic E-state index is 0.112. The second kappa shape index (κ2) is 9.54. The van der Waals surface area contributed by atoms with Gasteiger partial charge in [-0.05, 0) is 68.0 Å². The molecule has 3 nitrogen and oxygen atoms in total. The normalized spacial score (nSPS) is 15.7. The average molecular weight is 351 g/mol. The summed E-state index contributed by atoms with van der Waals surface area (Å²) in [5.74, 6) is 0.889. The molecule has 0 atom stereocenters. The number of amides is 1. The van der Waals surface area contributed by atoms with Gasteiger partial charge in [0.1, 0.15) is 0 Å². The second-order valence-electron chi connectivity index (χ2n) is 7.32. The molecule has 2 aromatic carbocycles. The van der Waals surface area contributed by atoms with Crippen molar-refractivity contribution in [3.63, 3.8) is 0 Å². The smallest absolute Gasteiger partial charge is 0.225 e. The summed E-state index contributed by atoms with van der Waals surface area (Å²) in [6.45, 7) is 5.21. The first-order valence-corrected chi connectivity index (χ1v) is 9.88. The van der Waals surface area contributed by atoms with Crippen molar-refractivity contribution < 1.29 is 4.79 Å². The van der Waals surface area contributed by atoms with Gasteiger partial charge in [-0.2, -0.15) is 0 Å². The zero-order valence-corrected chi connectivity index (χ0v) is 15.8. The Morgan fingerprint density at radius 3 is 2.35 bits per heavy atom. The number of nitrogens with one attached hydrogen (secondary N) is 1. The zero-order chi connectivity index (χ0) is 18.2. The SMILES string of the molecule is CCc1ccc(NC(=O)CCN2CCC(Cc3ccccc3)CC2)cc1. The molecule has 0 aliphatic carbocycles. The molecule has 138 valence electrons. The maximum atomic E-state index is 12.2. The van der Waals surface area contributed by atoms with E-state index in [0.717, 1.165) is 37.7 Å². The van der Waals surface area contributed by atoms with Crippen LogP contribution < -0.4 is 5.32 Å². The van der Waals surface area contributed by atoms with E-state index in [1.165, 1.54) is 30.4 Å². The van der Waals surface area contributed by atoms with Gasteiger partial charge in [0.15, 0.2) is 0 Å². The Morgan fingerprint density at radius 1 is 1.00 bits per heavy atom. The van der Waals surface area contributed by atoms with Crippen LogP contribution in [0.25, 0.3) is 0 Å². The molecular formula is C23H30N2O. The van der Waals surface area contributed by atoms with Gasteiger partial charge in [-0.1, -0.05) is 49.4 Å². The Labute approximate surface area is 157 Å². The van der Waals surface area contributed by atoms with Crippen molar-refractivity contribution in [3.8, 4) is 0 Å². The van der Waals surface area contributed by atoms with E-state index in [9.17, 15) is 4.79 Å². The summed E-state index contributed by atoms with van der Waals surface area (Å²) in [5, 5.41) is 3.01. The van der Waals surface area contributed by atoms with Gasteiger partial charge < -0.3 is 10.2 Å². The van der Waals surface area contributed by atoms with E-state index in [2.05, 4.69) is 59.6 Å². The highest BCUT2D eigenvalue weighted by Crippen LogP contribution is 2.21. The van der Waals surface area contributed by atoms with Crippen LogP contribution in [-0.4, -0.2) is 30.4 Å². The molecule has 1 N–H and O–H groups in total. The minimum absolute atomic E-state index is 0.112. The molecule has 1 aliphatic rings. The van der Waals surface area contributed by atoms with Crippen molar-refractivity contribution in [1.29, 1.82) is 0 Å². The highest BCUT2D eigenvalue weighted by molar-refractivity contribution is 5.90. The van der Waals surface area contributed by atoms with Crippen LogP contribution in [0.15, 0.2) is 54.6 Å². The molecule has 1 heterocycles. The summed E-state index contributed by atoms with van der Waals surface area (Å²) < 4.78 is 0. The van der Waals surface area contributed by atoms with E-state index in [-0.39, 0.29) is 5.91 Å². The quantitative estimate of drug-likeness (QED) is 0.795. The van der Waals surface area contributed by atoms with E-state index in [0.29, 0.717) is 6.42 Å². The molecule has 1 fully saturated rings. The number of rotatable bonds is 7. The lowest BCUT2D eigenvalue weighted by molar-refractivity contribution is -0.116. The predicted octanol–water partition coefficient (Wildman–Crippen LogP) is 4.53. The van der Waals surface area contributed by atoms with Crippen LogP contribution in [0, 0.1) is 5.92 Å². The monoisotopic (exact) mass is 350 g/mol. The Kier molecular flexibility index (Phi) is 6.84. The standard InChI is InChI=1S/C23H30N2O/c1-2-19-8-10-22(11-9-19)24-23(26)14-17-25-15-12-21(13-16-25)18-20-6-4-3-5-7-20/h3-11,21H,2,12-18H2,1H3,(H,24,26). The van der Waals surface area contributed by atoms with Gasteiger partial charge in [-0.3, -0.25) is 4.79 Å². The third-order valence-electron chi connectivity index (χ3n) is 5.38. The molecule has 1 amide bonds. The maximum Gasteiger partial charge on any atom is 0.225 e. The third kappa shape index (κ3) is 5.70. The highest BCUT2D eigenvalue weighted by atomic mass is 16.1. The van der Waals surface area contributed by atoms with Crippen LogP contribution in [0.5, 0.6) is 0 Å². The van der Waals surface area contributed by atoms with E-state index >= 15 is 0 Å². The van der Waals surface area contributed by atoms with E-state index in [1.54, 1.807) is 0 Å². The van der Waals surface area contributed by atoms with Crippen molar-refractivity contribution in [2.75, 3.05) is 25.0 Å². The predicted molar refractivity (Wildman–Crippen MR) is 108 cm³/mol. The van der Waals surface area contributed by atoms with Gasteiger partial charge in [-0.25, -0.2) is 0 Å². The molecule has 0 spiro atoms. The molecule has 0 saturated carbocycles. The molecule has 1 saturated heterocycles. The van der Waals surface area contributed by atoms with Crippen LogP contribution in [0.4, 0.5) is 5.69 Å². The fourth-order valence-corrected chi connectivity index (χ4v) is 3.67.